The minimum absolute atomic E-state index is 0.0287. The fourth-order valence-electron chi connectivity index (χ4n) is 3.94. The highest BCUT2D eigenvalue weighted by Gasteiger charge is 2.16. The van der Waals surface area contributed by atoms with Crippen LogP contribution < -0.4 is 0 Å². The third-order valence-corrected chi connectivity index (χ3v) is 5.98. The fourth-order valence-corrected chi connectivity index (χ4v) is 4.21. The molecule has 2 aliphatic carbocycles. The molecule has 0 radical (unpaired) electrons. The van der Waals surface area contributed by atoms with Crippen molar-refractivity contribution in [2.75, 3.05) is 6.61 Å². The molecule has 0 heterocycles. The lowest BCUT2D eigenvalue weighted by atomic mass is 9.90. The number of nitrogens with zero attached hydrogens (tertiary/aromatic N) is 4. The lowest BCUT2D eigenvalue weighted by Gasteiger charge is -2.19. The van der Waals surface area contributed by atoms with Gasteiger partial charge in [-0.2, -0.15) is 5.26 Å². The number of benzene rings is 1. The van der Waals surface area contributed by atoms with E-state index in [1.54, 1.807) is 24.3 Å². The first-order valence-corrected chi connectivity index (χ1v) is 11.8. The van der Waals surface area contributed by atoms with Crippen LogP contribution in [0.4, 0.5) is 0 Å². The Bertz CT molecular complexity index is 865. The van der Waals surface area contributed by atoms with E-state index in [1.165, 1.54) is 25.7 Å². The summed E-state index contributed by atoms with van der Waals surface area (Å²) in [7, 11) is 0. The Morgan fingerprint density at radius 2 is 1.78 bits per heavy atom. The molecule has 1 aromatic carbocycles. The quantitative estimate of drug-likeness (QED) is 0.0821. The first-order valence-electron chi connectivity index (χ1n) is 11.1. The molecule has 2 fully saturated rings. The minimum Gasteiger partial charge on any atom is -0.394 e. The van der Waals surface area contributed by atoms with E-state index < -0.39 is 0 Å². The van der Waals surface area contributed by atoms with Crippen molar-refractivity contribution in [2.45, 2.75) is 70.3 Å². The van der Waals surface area contributed by atoms with Crippen LogP contribution in [0.15, 0.2) is 34.6 Å². The third kappa shape index (κ3) is 7.83. The highest BCUT2D eigenvalue weighted by molar-refractivity contribution is 7.89. The molecule has 0 atom stereocenters. The maximum atomic E-state index is 9.50. The zero-order valence-electron chi connectivity index (χ0n) is 18.1. The minimum atomic E-state index is 0.0287. The largest absolute Gasteiger partial charge is 0.394 e. The van der Waals surface area contributed by atoms with Crippen molar-refractivity contribution in [2.24, 2.45) is 16.2 Å². The van der Waals surface area contributed by atoms with E-state index >= 15 is 0 Å². The highest BCUT2D eigenvalue weighted by Crippen LogP contribution is 2.24. The average Bonchev–Trinajstić information content (AvgIpc) is 2.85. The fraction of sp³-hybridized carbons (Fsp3) is 0.565. The molecule has 170 valence electrons. The van der Waals surface area contributed by atoms with Crippen LogP contribution in [0.1, 0.15) is 75.3 Å². The van der Waals surface area contributed by atoms with Gasteiger partial charge in [0.05, 0.1) is 11.3 Å². The van der Waals surface area contributed by atoms with Gasteiger partial charge in [0.15, 0.2) is 5.71 Å². The zero-order valence-corrected chi connectivity index (χ0v) is 18.9. The number of rotatable bonds is 10. The van der Waals surface area contributed by atoms with Gasteiger partial charge in [0.25, 0.3) is 0 Å². The Morgan fingerprint density at radius 1 is 1.06 bits per heavy atom. The van der Waals surface area contributed by atoms with Gasteiger partial charge in [0.1, 0.15) is 12.7 Å². The van der Waals surface area contributed by atoms with Crippen LogP contribution in [-0.4, -0.2) is 24.3 Å². The van der Waals surface area contributed by atoms with E-state index in [1.807, 2.05) is 0 Å². The molecule has 2 aliphatic rings. The molecule has 9 heteroatoms. The molecule has 0 bridgehead atoms. The number of hydrogen-bond donors (Lipinski definition) is 0. The van der Waals surface area contributed by atoms with Gasteiger partial charge in [0, 0.05) is 11.1 Å². The van der Waals surface area contributed by atoms with Crippen LogP contribution in [0, 0.1) is 23.8 Å². The molecule has 0 spiro atoms. The maximum absolute atomic E-state index is 9.50. The summed E-state index contributed by atoms with van der Waals surface area (Å²) in [5.41, 5.74) is 1.21. The summed E-state index contributed by atoms with van der Waals surface area (Å²) < 4.78 is 10.00. The number of oxime groups is 2. The predicted molar refractivity (Wildman–Crippen MR) is 122 cm³/mol. The molecule has 0 aliphatic heterocycles. The molecule has 32 heavy (non-hydrogen) atoms. The standard InChI is InChI=1S/C23H28N4O4S/c1-25-23(27-30-32-31-29-21-13-6-3-7-14-21)20-12-8-11-19(15-20)22(16-24)26-28-17-18-9-4-2-5-10-18/h8,11-12,15,18,21H,2-7,9-10,13-14,17H2. The van der Waals surface area contributed by atoms with Crippen molar-refractivity contribution in [3.63, 3.8) is 0 Å². The van der Waals surface area contributed by atoms with E-state index in [0.29, 0.717) is 36.0 Å². The molecular formula is C23H28N4O4S. The molecule has 0 N–H and O–H groups in total. The van der Waals surface area contributed by atoms with E-state index in [0.717, 1.165) is 38.5 Å². The van der Waals surface area contributed by atoms with Gasteiger partial charge in [0.2, 0.25) is 0 Å². The van der Waals surface area contributed by atoms with Crippen molar-refractivity contribution in [1.82, 2.24) is 0 Å². The Kier molecular flexibility index (Phi) is 10.3. The molecule has 0 aromatic heterocycles. The smallest absolute Gasteiger partial charge is 0.323 e. The Balaban J connectivity index is 1.53. The Morgan fingerprint density at radius 3 is 2.50 bits per heavy atom. The summed E-state index contributed by atoms with van der Waals surface area (Å²) in [6.45, 7) is 7.92. The van der Waals surface area contributed by atoms with E-state index in [2.05, 4.69) is 21.2 Å². The van der Waals surface area contributed by atoms with Crippen molar-refractivity contribution in [3.05, 3.63) is 46.8 Å². The number of amidine groups is 1. The van der Waals surface area contributed by atoms with Crippen LogP contribution in [0.25, 0.3) is 4.85 Å². The summed E-state index contributed by atoms with van der Waals surface area (Å²) in [4.78, 5) is 14.1. The lowest BCUT2D eigenvalue weighted by molar-refractivity contribution is -0.242. The van der Waals surface area contributed by atoms with Gasteiger partial charge in [-0.05, 0) is 31.6 Å². The first-order chi connectivity index (χ1) is 15.8. The van der Waals surface area contributed by atoms with E-state index in [9.17, 15) is 5.26 Å². The van der Waals surface area contributed by atoms with Crippen LogP contribution in [0.5, 0.6) is 0 Å². The summed E-state index contributed by atoms with van der Waals surface area (Å²) in [6, 6.07) is 8.92. The average molecular weight is 457 g/mol. The summed E-state index contributed by atoms with van der Waals surface area (Å²) in [5, 5.41) is 17.3. The molecular weight excluding hydrogens is 428 g/mol. The van der Waals surface area contributed by atoms with Crippen molar-refractivity contribution in [1.29, 1.82) is 5.26 Å². The van der Waals surface area contributed by atoms with Gasteiger partial charge in [-0.1, -0.05) is 74.5 Å². The lowest BCUT2D eigenvalue weighted by Crippen LogP contribution is -2.15. The van der Waals surface area contributed by atoms with Gasteiger partial charge >= 0.3 is 18.2 Å². The second-order valence-electron chi connectivity index (χ2n) is 8.03. The van der Waals surface area contributed by atoms with Crippen molar-refractivity contribution in [3.8, 4) is 6.07 Å². The number of nitriles is 1. The molecule has 3 rings (SSSR count). The second-order valence-corrected chi connectivity index (χ2v) is 8.45. The predicted octanol–water partition coefficient (Wildman–Crippen LogP) is 5.95. The normalized spacial score (nSPS) is 18.6. The van der Waals surface area contributed by atoms with Crippen molar-refractivity contribution < 1.29 is 18.3 Å². The van der Waals surface area contributed by atoms with E-state index in [4.69, 9.17) is 24.9 Å². The molecule has 8 nitrogen and oxygen atoms in total. The van der Waals surface area contributed by atoms with Gasteiger partial charge in [-0.3, -0.25) is 0 Å². The van der Waals surface area contributed by atoms with Crippen LogP contribution in [0.2, 0.25) is 0 Å². The van der Waals surface area contributed by atoms with Gasteiger partial charge in [-0.15, -0.1) is 4.33 Å². The monoisotopic (exact) mass is 456 g/mol. The highest BCUT2D eigenvalue weighted by atomic mass is 32.2. The molecule has 2 saturated carbocycles. The summed E-state index contributed by atoms with van der Waals surface area (Å²) in [5.74, 6) is 0.527. The first kappa shape index (κ1) is 24.1. The van der Waals surface area contributed by atoms with Crippen LogP contribution >= 0.6 is 12.3 Å². The molecule has 0 unspecified atom stereocenters. The van der Waals surface area contributed by atoms with Crippen LogP contribution in [-0.2, 0) is 18.3 Å². The molecule has 0 saturated heterocycles. The SMILES string of the molecule is [C-]#[N+]C(=NOSOOC1CCCCC1)c1cccc(C(C#N)=NOCC2CCCCC2)c1. The Hall–Kier alpha value is -2.59. The van der Waals surface area contributed by atoms with Crippen LogP contribution in [0.3, 0.4) is 0 Å². The second kappa shape index (κ2) is 13.7. The molecule has 0 amide bonds. The molecule has 1 aromatic rings. The topological polar surface area (TPSA) is 89.8 Å². The maximum Gasteiger partial charge on any atom is 0.323 e. The number of hydrogen-bond acceptors (Lipinski definition) is 8. The van der Waals surface area contributed by atoms with Gasteiger partial charge in [-0.25, -0.2) is 9.17 Å². The summed E-state index contributed by atoms with van der Waals surface area (Å²) >= 11 is 0.576. The third-order valence-electron chi connectivity index (χ3n) is 5.71. The Labute approximate surface area is 193 Å². The van der Waals surface area contributed by atoms with Gasteiger partial charge < -0.3 is 9.68 Å². The van der Waals surface area contributed by atoms with Crippen molar-refractivity contribution >= 4 is 23.9 Å². The summed E-state index contributed by atoms with van der Waals surface area (Å²) in [6.07, 6.45) is 11.5. The zero-order chi connectivity index (χ0) is 22.4. The van der Waals surface area contributed by atoms with E-state index in [-0.39, 0.29) is 17.7 Å².